The minimum Gasteiger partial charge on any atom is -0.480 e. The molecule has 1 unspecified atom stereocenters. The van der Waals surface area contributed by atoms with Gasteiger partial charge in [-0.2, -0.15) is 11.8 Å². The maximum atomic E-state index is 10.7. The molecule has 2 aromatic rings. The molecule has 0 radical (unpaired) electrons. The number of carboxylic acid groups (broad SMARTS) is 1. The Kier molecular flexibility index (Phi) is 5.61. The van der Waals surface area contributed by atoms with Crippen LogP contribution in [0, 0.1) is 5.92 Å². The number of nitrogen functional groups attached to an aromatic ring is 1. The van der Waals surface area contributed by atoms with E-state index in [4.69, 9.17) is 21.3 Å². The average molecular weight is 382 g/mol. The van der Waals surface area contributed by atoms with Crippen molar-refractivity contribution in [2.75, 3.05) is 17.2 Å². The van der Waals surface area contributed by atoms with Gasteiger partial charge in [0.15, 0.2) is 17.7 Å². The number of rotatable bonds is 7. The number of nitrogens with two attached hydrogens (primary N) is 2. The van der Waals surface area contributed by atoms with Gasteiger partial charge in [0.05, 0.1) is 12.4 Å². The maximum Gasteiger partial charge on any atom is 0.320 e. The Hall–Kier alpha value is -1.95. The second-order valence-electron chi connectivity index (χ2n) is 6.31. The molecule has 1 aliphatic heterocycles. The van der Waals surface area contributed by atoms with Crippen LogP contribution in [-0.4, -0.2) is 65.5 Å². The van der Waals surface area contributed by atoms with Crippen LogP contribution >= 0.6 is 11.8 Å². The third-order valence-corrected chi connectivity index (χ3v) is 5.65. The quantitative estimate of drug-likeness (QED) is 0.473. The summed E-state index contributed by atoms with van der Waals surface area (Å²) in [6.07, 6.45) is 1.75. The van der Waals surface area contributed by atoms with Gasteiger partial charge in [0.2, 0.25) is 0 Å². The molecule has 0 aromatic carbocycles. The highest BCUT2D eigenvalue weighted by Gasteiger charge is 2.42. The number of ether oxygens (including phenoxy) is 1. The molecule has 3 rings (SSSR count). The topological polar surface area (TPSA) is 162 Å². The van der Waals surface area contributed by atoms with Crippen molar-refractivity contribution in [3.63, 3.8) is 0 Å². The van der Waals surface area contributed by atoms with Crippen molar-refractivity contribution in [1.82, 2.24) is 19.5 Å². The fraction of sp³-hybridized carbons (Fsp3) is 0.600. The van der Waals surface area contributed by atoms with Crippen molar-refractivity contribution in [2.24, 2.45) is 11.7 Å². The van der Waals surface area contributed by atoms with E-state index in [-0.39, 0.29) is 17.8 Å². The normalized spacial score (nSPS) is 27.0. The van der Waals surface area contributed by atoms with Crippen LogP contribution in [0.1, 0.15) is 19.6 Å². The number of anilines is 1. The second kappa shape index (κ2) is 7.74. The van der Waals surface area contributed by atoms with E-state index in [2.05, 4.69) is 15.0 Å². The minimum atomic E-state index is -1.00. The van der Waals surface area contributed by atoms with E-state index in [0.29, 0.717) is 29.1 Å². The summed E-state index contributed by atoms with van der Waals surface area (Å²) in [7, 11) is 0. The van der Waals surface area contributed by atoms with Crippen molar-refractivity contribution in [3.05, 3.63) is 12.7 Å². The number of nitrogens with zero attached hydrogens (tertiary/aromatic N) is 4. The van der Waals surface area contributed by atoms with Crippen LogP contribution in [-0.2, 0) is 9.53 Å². The molecule has 1 aliphatic rings. The summed E-state index contributed by atoms with van der Waals surface area (Å²) in [5.74, 6) is 0.414. The van der Waals surface area contributed by atoms with Gasteiger partial charge in [0, 0.05) is 11.7 Å². The van der Waals surface area contributed by atoms with Gasteiger partial charge in [0.1, 0.15) is 24.0 Å². The van der Waals surface area contributed by atoms with Gasteiger partial charge in [-0.1, -0.05) is 6.92 Å². The van der Waals surface area contributed by atoms with E-state index < -0.39 is 24.3 Å². The summed E-state index contributed by atoms with van der Waals surface area (Å²) < 4.78 is 7.70. The lowest BCUT2D eigenvalue weighted by atomic mass is 10.0. The number of thioether (sulfide) groups is 1. The molecule has 0 bridgehead atoms. The number of aliphatic hydroxyl groups excluding tert-OH is 1. The highest BCUT2D eigenvalue weighted by atomic mass is 32.2. The van der Waals surface area contributed by atoms with Crippen molar-refractivity contribution >= 4 is 34.7 Å². The first-order valence-corrected chi connectivity index (χ1v) is 9.38. The smallest absolute Gasteiger partial charge is 0.320 e. The average Bonchev–Trinajstić information content (AvgIpc) is 3.15. The molecule has 1 fully saturated rings. The first-order valence-electron chi connectivity index (χ1n) is 8.22. The summed E-state index contributed by atoms with van der Waals surface area (Å²) in [4.78, 5) is 23.0. The van der Waals surface area contributed by atoms with E-state index >= 15 is 0 Å². The van der Waals surface area contributed by atoms with Crippen molar-refractivity contribution in [2.45, 2.75) is 37.8 Å². The monoisotopic (exact) mass is 382 g/mol. The van der Waals surface area contributed by atoms with Crippen LogP contribution in [0.15, 0.2) is 12.7 Å². The zero-order valence-corrected chi connectivity index (χ0v) is 15.0. The predicted octanol–water partition coefficient (Wildman–Crippen LogP) is -0.162. The Morgan fingerprint density at radius 1 is 1.46 bits per heavy atom. The number of aromatic nitrogens is 4. The Balaban J connectivity index is 1.64. The Bertz CT molecular complexity index is 787. The lowest BCUT2D eigenvalue weighted by Gasteiger charge is -2.17. The van der Waals surface area contributed by atoms with Crippen molar-refractivity contribution in [1.29, 1.82) is 0 Å². The molecule has 6 N–H and O–H groups in total. The van der Waals surface area contributed by atoms with Crippen LogP contribution in [0.5, 0.6) is 0 Å². The maximum absolute atomic E-state index is 10.7. The van der Waals surface area contributed by atoms with Gasteiger partial charge in [0.25, 0.3) is 0 Å². The molecule has 26 heavy (non-hydrogen) atoms. The third-order valence-electron chi connectivity index (χ3n) is 4.57. The molecule has 142 valence electrons. The van der Waals surface area contributed by atoms with Gasteiger partial charge in [-0.25, -0.2) is 15.0 Å². The van der Waals surface area contributed by atoms with Crippen LogP contribution in [0.4, 0.5) is 5.82 Å². The van der Waals surface area contributed by atoms with Gasteiger partial charge in [-0.15, -0.1) is 0 Å². The fourth-order valence-corrected chi connectivity index (χ4v) is 4.08. The Labute approximate surface area is 154 Å². The minimum absolute atomic E-state index is 0.0997. The highest BCUT2D eigenvalue weighted by Crippen LogP contribution is 2.36. The molecular weight excluding hydrogens is 360 g/mol. The van der Waals surface area contributed by atoms with Crippen molar-refractivity contribution in [3.8, 4) is 0 Å². The van der Waals surface area contributed by atoms with E-state index in [0.717, 1.165) is 0 Å². The number of carbonyl (C=O) groups is 1. The number of hydrogen-bond acceptors (Lipinski definition) is 9. The summed E-state index contributed by atoms with van der Waals surface area (Å²) in [5.41, 5.74) is 12.3. The zero-order valence-electron chi connectivity index (χ0n) is 14.2. The van der Waals surface area contributed by atoms with Gasteiger partial charge < -0.3 is 26.4 Å². The molecular formula is C15H22N6O4S. The largest absolute Gasteiger partial charge is 0.480 e. The van der Waals surface area contributed by atoms with Crippen LogP contribution < -0.4 is 11.5 Å². The number of aliphatic carboxylic acids is 1. The van der Waals surface area contributed by atoms with E-state index in [1.165, 1.54) is 12.7 Å². The summed E-state index contributed by atoms with van der Waals surface area (Å²) in [5, 5.41) is 19.4. The standard InChI is InChI=1S/C15H22N6O4S/c1-7-9(4-26-3-2-8(16)15(23)24)25-14(11(7)22)21-6-20-10-12(17)18-5-19-13(10)21/h5-9,11,14,22H,2-4,16H2,1H3,(H,23,24)(H2,17,18,19)/t7-,8+,9-,11-,14?/m1/s1. The lowest BCUT2D eigenvalue weighted by Crippen LogP contribution is -2.30. The van der Waals surface area contributed by atoms with Crippen LogP contribution in [0.3, 0.4) is 0 Å². The number of imidazole rings is 1. The number of hydrogen-bond donors (Lipinski definition) is 4. The van der Waals surface area contributed by atoms with Gasteiger partial charge in [-0.3, -0.25) is 9.36 Å². The SMILES string of the molecule is C[C@@H]1[C@@H](CSCC[C@H](N)C(=O)O)OC(n2cnc3c(N)ncnc32)[C@@H]1O. The lowest BCUT2D eigenvalue weighted by molar-refractivity contribution is -0.138. The Morgan fingerprint density at radius 3 is 2.96 bits per heavy atom. The fourth-order valence-electron chi connectivity index (χ4n) is 2.87. The van der Waals surface area contributed by atoms with E-state index in [1.807, 2.05) is 6.92 Å². The first-order chi connectivity index (χ1) is 12.4. The van der Waals surface area contributed by atoms with E-state index in [1.54, 1.807) is 16.3 Å². The molecule has 0 saturated carbocycles. The van der Waals surface area contributed by atoms with Crippen LogP contribution in [0.2, 0.25) is 0 Å². The molecule has 0 aliphatic carbocycles. The summed E-state index contributed by atoms with van der Waals surface area (Å²) in [6.45, 7) is 1.92. The second-order valence-corrected chi connectivity index (χ2v) is 7.46. The van der Waals surface area contributed by atoms with Gasteiger partial charge in [-0.05, 0) is 12.2 Å². The first kappa shape index (κ1) is 18.8. The number of fused-ring (bicyclic) bond motifs is 1. The zero-order chi connectivity index (χ0) is 18.8. The third kappa shape index (κ3) is 3.61. The molecule has 5 atom stereocenters. The molecule has 1 saturated heterocycles. The molecule has 10 nitrogen and oxygen atoms in total. The van der Waals surface area contributed by atoms with Gasteiger partial charge >= 0.3 is 5.97 Å². The summed E-state index contributed by atoms with van der Waals surface area (Å²) in [6, 6.07) is -0.856. The number of carboxylic acids is 1. The molecule has 2 aromatic heterocycles. The molecule has 11 heteroatoms. The van der Waals surface area contributed by atoms with E-state index in [9.17, 15) is 9.90 Å². The molecule has 0 spiro atoms. The predicted molar refractivity (Wildman–Crippen MR) is 96.4 cm³/mol. The molecule has 0 amide bonds. The van der Waals surface area contributed by atoms with Crippen molar-refractivity contribution < 1.29 is 19.7 Å². The molecule has 3 heterocycles. The Morgan fingerprint density at radius 2 is 2.23 bits per heavy atom. The number of aliphatic hydroxyl groups is 1. The summed E-state index contributed by atoms with van der Waals surface area (Å²) >= 11 is 1.56. The van der Waals surface area contributed by atoms with Crippen LogP contribution in [0.25, 0.3) is 11.2 Å². The highest BCUT2D eigenvalue weighted by molar-refractivity contribution is 7.99.